The largest absolute Gasteiger partial charge is 0.493 e. The van der Waals surface area contributed by atoms with Crippen LogP contribution in [0.5, 0.6) is 11.5 Å². The summed E-state index contributed by atoms with van der Waals surface area (Å²) in [6.45, 7) is 4.65. The Hall–Kier alpha value is -2.64. The van der Waals surface area contributed by atoms with E-state index in [0.29, 0.717) is 11.5 Å². The van der Waals surface area contributed by atoms with Crippen LogP contribution in [0.1, 0.15) is 57.9 Å². The average Bonchev–Trinajstić information content (AvgIpc) is 2.64. The van der Waals surface area contributed by atoms with Crippen LogP contribution in [0.15, 0.2) is 17.2 Å². The zero-order chi connectivity index (χ0) is 21.7. The van der Waals surface area contributed by atoms with Crippen molar-refractivity contribution < 1.29 is 19.2 Å². The number of ether oxygens (including phenoxy) is 2. The fourth-order valence-corrected chi connectivity index (χ4v) is 7.16. The highest BCUT2D eigenvalue weighted by Gasteiger charge is 2.62. The molecule has 162 valence electrons. The van der Waals surface area contributed by atoms with Gasteiger partial charge in [-0.3, -0.25) is 14.9 Å². The van der Waals surface area contributed by atoms with Crippen molar-refractivity contribution in [2.75, 3.05) is 14.2 Å². The minimum absolute atomic E-state index is 0.0322. The molecule has 8 heteroatoms. The Balaban J connectivity index is 1.53. The lowest BCUT2D eigenvalue weighted by atomic mass is 9.40. The molecule has 2 atom stereocenters. The third-order valence-electron chi connectivity index (χ3n) is 7.17. The van der Waals surface area contributed by atoms with Crippen LogP contribution in [0.25, 0.3) is 0 Å². The highest BCUT2D eigenvalue weighted by Crippen LogP contribution is 2.69. The monoisotopic (exact) mass is 415 g/mol. The van der Waals surface area contributed by atoms with Gasteiger partial charge in [-0.15, -0.1) is 0 Å². The zero-order valence-corrected chi connectivity index (χ0v) is 18.0. The van der Waals surface area contributed by atoms with E-state index in [0.717, 1.165) is 19.3 Å². The van der Waals surface area contributed by atoms with Gasteiger partial charge in [0.05, 0.1) is 30.8 Å². The summed E-state index contributed by atoms with van der Waals surface area (Å²) in [5.74, 6) is 0.870. The Morgan fingerprint density at radius 2 is 1.83 bits per heavy atom. The summed E-state index contributed by atoms with van der Waals surface area (Å²) >= 11 is 0. The first-order valence-electron chi connectivity index (χ1n) is 10.3. The molecule has 30 heavy (non-hydrogen) atoms. The SMILES string of the molecule is COc1cc(/C=N/NC(=O)C23CC4CC(C)(CC(C)(C4)C2)C3)cc([N+](=O)[O-])c1OC. The van der Waals surface area contributed by atoms with Crippen molar-refractivity contribution in [1.29, 1.82) is 0 Å². The van der Waals surface area contributed by atoms with Gasteiger partial charge in [-0.1, -0.05) is 13.8 Å². The quantitative estimate of drug-likeness (QED) is 0.429. The van der Waals surface area contributed by atoms with Gasteiger partial charge in [0, 0.05) is 11.6 Å². The number of rotatable bonds is 6. The number of carbonyl (C=O) groups is 1. The predicted octanol–water partition coefficient (Wildman–Crippen LogP) is 4.06. The molecule has 1 aromatic carbocycles. The van der Waals surface area contributed by atoms with E-state index in [1.807, 2.05) is 0 Å². The van der Waals surface area contributed by atoms with E-state index < -0.39 is 4.92 Å². The van der Waals surface area contributed by atoms with Crippen molar-refractivity contribution in [3.05, 3.63) is 27.8 Å². The number of amides is 1. The number of nitrogens with zero attached hydrogens (tertiary/aromatic N) is 2. The summed E-state index contributed by atoms with van der Waals surface area (Å²) in [5, 5.41) is 15.5. The van der Waals surface area contributed by atoms with Crippen molar-refractivity contribution >= 4 is 17.8 Å². The average molecular weight is 415 g/mol. The van der Waals surface area contributed by atoms with Gasteiger partial charge in [-0.25, -0.2) is 5.43 Å². The number of benzene rings is 1. The van der Waals surface area contributed by atoms with Crippen LogP contribution in [0.2, 0.25) is 0 Å². The van der Waals surface area contributed by atoms with E-state index in [2.05, 4.69) is 24.4 Å². The number of hydrazone groups is 1. The summed E-state index contributed by atoms with van der Waals surface area (Å²) in [7, 11) is 2.77. The molecule has 4 saturated carbocycles. The molecule has 0 saturated heterocycles. The fraction of sp³-hybridized carbons (Fsp3) is 0.636. The van der Waals surface area contributed by atoms with Gasteiger partial charge in [0.1, 0.15) is 0 Å². The molecule has 1 N–H and O–H groups in total. The lowest BCUT2D eigenvalue weighted by Gasteiger charge is -2.64. The molecule has 0 radical (unpaired) electrons. The predicted molar refractivity (Wildman–Crippen MR) is 112 cm³/mol. The number of nitrogens with one attached hydrogen (secondary N) is 1. The normalized spacial score (nSPS) is 34.2. The maximum Gasteiger partial charge on any atom is 0.315 e. The Morgan fingerprint density at radius 3 is 2.37 bits per heavy atom. The Bertz CT molecular complexity index is 910. The van der Waals surface area contributed by atoms with E-state index in [1.54, 1.807) is 6.07 Å². The minimum Gasteiger partial charge on any atom is -0.493 e. The molecule has 2 unspecified atom stereocenters. The van der Waals surface area contributed by atoms with E-state index in [1.165, 1.54) is 45.8 Å². The summed E-state index contributed by atoms with van der Waals surface area (Å²) in [5.41, 5.74) is 3.07. The first-order chi connectivity index (χ1) is 14.1. The molecule has 5 rings (SSSR count). The molecule has 4 bridgehead atoms. The number of hydrogen-bond acceptors (Lipinski definition) is 6. The van der Waals surface area contributed by atoms with Crippen LogP contribution in [-0.2, 0) is 4.79 Å². The number of nitro benzene ring substituents is 1. The summed E-state index contributed by atoms with van der Waals surface area (Å²) < 4.78 is 10.3. The Kier molecular flexibility index (Phi) is 4.78. The standard InChI is InChI=1S/C22H29N3O5/c1-20-7-15-8-21(2,11-20)13-22(9-15,12-20)19(26)24-23-10-14-5-16(25(27)28)18(30-4)17(6-14)29-3/h5-6,10,15H,7-9,11-13H2,1-4H3,(H,24,26)/b23-10+. The molecule has 1 aromatic rings. The van der Waals surface area contributed by atoms with Crippen LogP contribution in [0.4, 0.5) is 5.69 Å². The van der Waals surface area contributed by atoms with Gasteiger partial charge in [0.2, 0.25) is 11.7 Å². The van der Waals surface area contributed by atoms with Crippen molar-refractivity contribution in [3.63, 3.8) is 0 Å². The van der Waals surface area contributed by atoms with Gasteiger partial charge in [0.15, 0.2) is 5.75 Å². The molecule has 0 spiro atoms. The fourth-order valence-electron chi connectivity index (χ4n) is 7.16. The molecule has 1 amide bonds. The highest BCUT2D eigenvalue weighted by molar-refractivity contribution is 5.87. The third-order valence-corrected chi connectivity index (χ3v) is 7.17. The Labute approximate surface area is 176 Å². The van der Waals surface area contributed by atoms with Gasteiger partial charge in [-0.2, -0.15) is 5.10 Å². The van der Waals surface area contributed by atoms with Crippen LogP contribution < -0.4 is 14.9 Å². The summed E-state index contributed by atoms with van der Waals surface area (Å²) in [4.78, 5) is 24.0. The van der Waals surface area contributed by atoms with Crippen LogP contribution in [0, 0.1) is 32.3 Å². The van der Waals surface area contributed by atoms with E-state index in [4.69, 9.17) is 9.47 Å². The molecule has 8 nitrogen and oxygen atoms in total. The Morgan fingerprint density at radius 1 is 1.17 bits per heavy atom. The second-order valence-corrected chi connectivity index (χ2v) is 10.1. The molecule has 4 aliphatic carbocycles. The minimum atomic E-state index is -0.534. The number of hydrogen-bond donors (Lipinski definition) is 1. The summed E-state index contributed by atoms with van der Waals surface area (Å²) in [6, 6.07) is 2.94. The molecule has 4 aliphatic rings. The number of carbonyl (C=O) groups excluding carboxylic acids is 1. The van der Waals surface area contributed by atoms with Crippen molar-refractivity contribution in [2.45, 2.75) is 52.4 Å². The first kappa shape index (κ1) is 20.6. The lowest BCUT2D eigenvalue weighted by molar-refractivity contribution is -0.385. The van der Waals surface area contributed by atoms with Gasteiger partial charge < -0.3 is 9.47 Å². The maximum absolute atomic E-state index is 13.2. The van der Waals surface area contributed by atoms with Gasteiger partial charge >= 0.3 is 5.69 Å². The molecule has 0 aromatic heterocycles. The number of nitro groups is 1. The van der Waals surface area contributed by atoms with Crippen molar-refractivity contribution in [3.8, 4) is 11.5 Å². The number of methoxy groups -OCH3 is 2. The molecular formula is C22H29N3O5. The van der Waals surface area contributed by atoms with Crippen LogP contribution >= 0.6 is 0 Å². The molecule has 0 heterocycles. The topological polar surface area (TPSA) is 103 Å². The smallest absolute Gasteiger partial charge is 0.315 e. The van der Waals surface area contributed by atoms with Crippen molar-refractivity contribution in [1.82, 2.24) is 5.43 Å². The first-order valence-corrected chi connectivity index (χ1v) is 10.3. The lowest BCUT2D eigenvalue weighted by Crippen LogP contribution is -2.59. The molecular weight excluding hydrogens is 386 g/mol. The van der Waals surface area contributed by atoms with E-state index in [-0.39, 0.29) is 39.3 Å². The van der Waals surface area contributed by atoms with Crippen LogP contribution in [-0.4, -0.2) is 31.3 Å². The molecule has 4 fully saturated rings. The second kappa shape index (κ2) is 6.96. The van der Waals surface area contributed by atoms with E-state index in [9.17, 15) is 14.9 Å². The van der Waals surface area contributed by atoms with Crippen LogP contribution in [0.3, 0.4) is 0 Å². The summed E-state index contributed by atoms with van der Waals surface area (Å²) in [6.07, 6.45) is 7.80. The van der Waals surface area contributed by atoms with Crippen molar-refractivity contribution in [2.24, 2.45) is 27.3 Å². The zero-order valence-electron chi connectivity index (χ0n) is 18.0. The van der Waals surface area contributed by atoms with Gasteiger partial charge in [0.25, 0.3) is 0 Å². The maximum atomic E-state index is 13.2. The molecule has 0 aliphatic heterocycles. The highest BCUT2D eigenvalue weighted by atomic mass is 16.6. The van der Waals surface area contributed by atoms with E-state index >= 15 is 0 Å². The van der Waals surface area contributed by atoms with Gasteiger partial charge in [-0.05, 0) is 61.3 Å². The third kappa shape index (κ3) is 3.42. The second-order valence-electron chi connectivity index (χ2n) is 10.1.